The molecule has 0 saturated carbocycles. The van der Waals surface area contributed by atoms with E-state index in [1.807, 2.05) is 6.07 Å². The molecule has 0 aliphatic heterocycles. The molecule has 1 heteroatoms. The molecule has 12 heavy (non-hydrogen) atoms. The van der Waals surface area contributed by atoms with Crippen LogP contribution in [0.4, 0.5) is 0 Å². The predicted octanol–water partition coefficient (Wildman–Crippen LogP) is 3.07. The molecule has 0 amide bonds. The quantitative estimate of drug-likeness (QED) is 0.560. The SMILES string of the molecule is [Hf].c1ccc(-[c-]2cccc2)cc1. The number of hydrogen-bond donors (Lipinski definition) is 0. The van der Waals surface area contributed by atoms with E-state index < -0.39 is 0 Å². The van der Waals surface area contributed by atoms with Gasteiger partial charge in [0.25, 0.3) is 0 Å². The number of hydrogen-bond acceptors (Lipinski definition) is 0. The second kappa shape index (κ2) is 4.46. The third-order valence-corrected chi connectivity index (χ3v) is 1.77. The van der Waals surface area contributed by atoms with Crippen LogP contribution >= 0.6 is 0 Å². The van der Waals surface area contributed by atoms with Crippen LogP contribution in [-0.4, -0.2) is 0 Å². The summed E-state index contributed by atoms with van der Waals surface area (Å²) in [6.07, 6.45) is 0. The first-order valence-corrected chi connectivity index (χ1v) is 3.74. The topological polar surface area (TPSA) is 0 Å². The van der Waals surface area contributed by atoms with Crippen molar-refractivity contribution in [1.29, 1.82) is 0 Å². The maximum atomic E-state index is 2.12. The van der Waals surface area contributed by atoms with Gasteiger partial charge >= 0.3 is 0 Å². The molecule has 0 unspecified atom stereocenters. The molecule has 0 saturated heterocycles. The van der Waals surface area contributed by atoms with Gasteiger partial charge in [-0.05, 0) is 0 Å². The van der Waals surface area contributed by atoms with Crippen molar-refractivity contribution in [3.63, 3.8) is 0 Å². The van der Waals surface area contributed by atoms with Crippen LogP contribution in [0.2, 0.25) is 0 Å². The van der Waals surface area contributed by atoms with Crippen molar-refractivity contribution in [3.05, 3.63) is 54.6 Å². The molecule has 0 aliphatic rings. The molecule has 0 N–H and O–H groups in total. The molecule has 0 heterocycles. The van der Waals surface area contributed by atoms with Gasteiger partial charge in [-0.1, -0.05) is 23.8 Å². The van der Waals surface area contributed by atoms with Crippen LogP contribution < -0.4 is 0 Å². The Labute approximate surface area is 91.4 Å². The summed E-state index contributed by atoms with van der Waals surface area (Å²) in [5.74, 6) is 0. The van der Waals surface area contributed by atoms with E-state index in [1.54, 1.807) is 0 Å². The standard InChI is InChI=1S/C11H9.Hf/c1-2-6-10(7-3-1)11-8-4-5-9-11;/h1-9H;/q-1;. The summed E-state index contributed by atoms with van der Waals surface area (Å²) in [4.78, 5) is 0. The van der Waals surface area contributed by atoms with Crippen molar-refractivity contribution >= 4 is 0 Å². The average Bonchev–Trinajstić information content (AvgIpc) is 2.58. The molecule has 2 aromatic rings. The van der Waals surface area contributed by atoms with Gasteiger partial charge in [0.05, 0.1) is 0 Å². The molecular formula is C11H9Hf-. The van der Waals surface area contributed by atoms with Crippen LogP contribution in [0, 0.1) is 0 Å². The second-order valence-corrected chi connectivity index (χ2v) is 2.54. The van der Waals surface area contributed by atoms with Gasteiger partial charge in [-0.3, -0.25) is 0 Å². The van der Waals surface area contributed by atoms with Crippen molar-refractivity contribution in [2.24, 2.45) is 0 Å². The molecule has 0 aromatic heterocycles. The summed E-state index contributed by atoms with van der Waals surface area (Å²) in [6.45, 7) is 0. The molecular weight excluding hydrogens is 311 g/mol. The Kier molecular flexibility index (Phi) is 3.54. The minimum atomic E-state index is 0. The van der Waals surface area contributed by atoms with Gasteiger partial charge < -0.3 is 0 Å². The van der Waals surface area contributed by atoms with Crippen molar-refractivity contribution in [3.8, 4) is 11.1 Å². The molecule has 2 aromatic carbocycles. The van der Waals surface area contributed by atoms with Crippen molar-refractivity contribution in [2.75, 3.05) is 0 Å². The van der Waals surface area contributed by atoms with Crippen LogP contribution in [-0.2, 0) is 25.8 Å². The van der Waals surface area contributed by atoms with Crippen LogP contribution in [0.5, 0.6) is 0 Å². The Morgan fingerprint density at radius 1 is 0.750 bits per heavy atom. The van der Waals surface area contributed by atoms with Crippen LogP contribution in [0.15, 0.2) is 54.6 Å². The van der Waals surface area contributed by atoms with Crippen molar-refractivity contribution in [1.82, 2.24) is 0 Å². The first-order chi connectivity index (χ1) is 5.47. The first-order valence-electron chi connectivity index (χ1n) is 3.74. The first kappa shape index (κ1) is 9.53. The summed E-state index contributed by atoms with van der Waals surface area (Å²) < 4.78 is 0. The Morgan fingerprint density at radius 3 is 1.92 bits per heavy atom. The minimum absolute atomic E-state index is 0. The molecule has 0 atom stereocenters. The van der Waals surface area contributed by atoms with E-state index in [9.17, 15) is 0 Å². The Bertz CT molecular complexity index is 308. The fraction of sp³-hybridized carbons (Fsp3) is 0. The predicted molar refractivity (Wildman–Crippen MR) is 47.5 cm³/mol. The summed E-state index contributed by atoms with van der Waals surface area (Å²) >= 11 is 0. The zero-order chi connectivity index (χ0) is 7.52. The van der Waals surface area contributed by atoms with E-state index in [4.69, 9.17) is 0 Å². The molecule has 0 fully saturated rings. The zero-order valence-corrected chi connectivity index (χ0v) is 10.3. The number of rotatable bonds is 1. The van der Waals surface area contributed by atoms with E-state index in [2.05, 4.69) is 48.5 Å². The fourth-order valence-corrected chi connectivity index (χ4v) is 1.20. The summed E-state index contributed by atoms with van der Waals surface area (Å²) in [7, 11) is 0. The Morgan fingerprint density at radius 2 is 1.33 bits per heavy atom. The van der Waals surface area contributed by atoms with Crippen LogP contribution in [0.1, 0.15) is 0 Å². The van der Waals surface area contributed by atoms with Crippen LogP contribution in [0.3, 0.4) is 0 Å². The van der Waals surface area contributed by atoms with E-state index >= 15 is 0 Å². The maximum Gasteiger partial charge on any atom is 0 e. The summed E-state index contributed by atoms with van der Waals surface area (Å²) in [5.41, 5.74) is 2.59. The average molecular weight is 320 g/mol. The smallest absolute Gasteiger partial charge is 0 e. The molecule has 0 radical (unpaired) electrons. The van der Waals surface area contributed by atoms with E-state index in [-0.39, 0.29) is 25.8 Å². The molecule has 0 bridgehead atoms. The van der Waals surface area contributed by atoms with Gasteiger partial charge in [0.2, 0.25) is 0 Å². The molecule has 58 valence electrons. The van der Waals surface area contributed by atoms with Gasteiger partial charge in [-0.25, -0.2) is 0 Å². The monoisotopic (exact) mass is 321 g/mol. The largest absolute Gasteiger partial charge is 0.152 e. The summed E-state index contributed by atoms with van der Waals surface area (Å²) in [6, 6.07) is 18.7. The zero-order valence-electron chi connectivity index (χ0n) is 6.70. The second-order valence-electron chi connectivity index (χ2n) is 2.54. The van der Waals surface area contributed by atoms with E-state index in [1.165, 1.54) is 11.1 Å². The number of benzene rings is 1. The maximum absolute atomic E-state index is 2.12. The van der Waals surface area contributed by atoms with Gasteiger partial charge in [-0.15, -0.1) is 29.8 Å². The van der Waals surface area contributed by atoms with E-state index in [0.717, 1.165) is 0 Å². The Balaban J connectivity index is 0.000000720. The van der Waals surface area contributed by atoms with Gasteiger partial charge in [0, 0.05) is 25.8 Å². The van der Waals surface area contributed by atoms with Gasteiger partial charge in [0.15, 0.2) is 0 Å². The molecule has 0 spiro atoms. The molecule has 0 aliphatic carbocycles. The molecule has 0 nitrogen and oxygen atoms in total. The fourth-order valence-electron chi connectivity index (χ4n) is 1.20. The van der Waals surface area contributed by atoms with Crippen molar-refractivity contribution in [2.45, 2.75) is 0 Å². The summed E-state index contributed by atoms with van der Waals surface area (Å²) in [5, 5.41) is 0. The van der Waals surface area contributed by atoms with E-state index in [0.29, 0.717) is 0 Å². The minimum Gasteiger partial charge on any atom is -0.152 e. The van der Waals surface area contributed by atoms with Crippen LogP contribution in [0.25, 0.3) is 11.1 Å². The molecule has 2 rings (SSSR count). The third kappa shape index (κ3) is 1.98. The third-order valence-electron chi connectivity index (χ3n) is 1.77. The van der Waals surface area contributed by atoms with Gasteiger partial charge in [0.1, 0.15) is 0 Å². The van der Waals surface area contributed by atoms with Gasteiger partial charge in [-0.2, -0.15) is 12.1 Å². The van der Waals surface area contributed by atoms with Crippen molar-refractivity contribution < 1.29 is 25.8 Å². The normalized spacial score (nSPS) is 9.00. The Hall–Kier alpha value is -0.560.